The average Bonchev–Trinajstić information content (AvgIpc) is 3.13. The molecule has 39 heavy (non-hydrogen) atoms. The highest BCUT2D eigenvalue weighted by atomic mass is 19.4. The molecule has 0 radical (unpaired) electrons. The second-order valence-electron chi connectivity index (χ2n) is 9.03. The predicted octanol–water partition coefficient (Wildman–Crippen LogP) is 6.30. The third kappa shape index (κ3) is 6.00. The number of ether oxygens (including phenoxy) is 3. The Morgan fingerprint density at radius 3 is 2.33 bits per heavy atom. The molecule has 1 aromatic heterocycles. The maximum atomic E-state index is 13.8. The van der Waals surface area contributed by atoms with Crippen molar-refractivity contribution in [2.75, 3.05) is 7.11 Å². The van der Waals surface area contributed by atoms with E-state index >= 15 is 0 Å². The molecule has 204 valence electrons. The number of carboxylic acid groups (broad SMARTS) is 1. The van der Waals surface area contributed by atoms with Crippen LogP contribution in [-0.4, -0.2) is 41.0 Å². The van der Waals surface area contributed by atoms with Crippen LogP contribution in [0.15, 0.2) is 60.7 Å². The summed E-state index contributed by atoms with van der Waals surface area (Å²) < 4.78 is 55.5. The number of halogens is 3. The Hall–Kier alpha value is -4.47. The van der Waals surface area contributed by atoms with Gasteiger partial charge in [0.25, 0.3) is 0 Å². The van der Waals surface area contributed by atoms with Crippen molar-refractivity contribution in [2.24, 2.45) is 0 Å². The molecule has 0 fully saturated rings. The lowest BCUT2D eigenvalue weighted by Gasteiger charge is -2.14. The summed E-state index contributed by atoms with van der Waals surface area (Å²) in [5, 5.41) is 9.61. The second-order valence-corrected chi connectivity index (χ2v) is 9.03. The van der Waals surface area contributed by atoms with E-state index in [0.717, 1.165) is 0 Å². The number of nitrogens with zero attached hydrogens (tertiary/aromatic N) is 1. The molecule has 0 bridgehead atoms. The van der Waals surface area contributed by atoms with Crippen LogP contribution in [0.25, 0.3) is 10.9 Å². The molecule has 0 saturated heterocycles. The fourth-order valence-corrected chi connectivity index (χ4v) is 4.45. The van der Waals surface area contributed by atoms with Gasteiger partial charge in [-0.1, -0.05) is 12.1 Å². The monoisotopic (exact) mass is 541 g/mol. The summed E-state index contributed by atoms with van der Waals surface area (Å²) in [6, 6.07) is 15.7. The van der Waals surface area contributed by atoms with E-state index in [1.54, 1.807) is 60.9 Å². The van der Waals surface area contributed by atoms with Gasteiger partial charge in [0, 0.05) is 29.3 Å². The van der Waals surface area contributed by atoms with Gasteiger partial charge in [-0.15, -0.1) is 13.2 Å². The molecule has 3 aromatic carbocycles. The van der Waals surface area contributed by atoms with E-state index in [-0.39, 0.29) is 12.3 Å². The van der Waals surface area contributed by atoms with Crippen molar-refractivity contribution in [1.82, 2.24) is 4.57 Å². The van der Waals surface area contributed by atoms with Gasteiger partial charge in [0.2, 0.25) is 0 Å². The van der Waals surface area contributed by atoms with Crippen molar-refractivity contribution in [1.29, 1.82) is 0 Å². The molecule has 4 aromatic rings. The van der Waals surface area contributed by atoms with Crippen molar-refractivity contribution in [3.8, 4) is 17.2 Å². The Bertz CT molecular complexity index is 1560. The van der Waals surface area contributed by atoms with E-state index in [4.69, 9.17) is 14.6 Å². The number of aliphatic carboxylic acids is 1. The van der Waals surface area contributed by atoms with E-state index in [1.165, 1.54) is 32.2 Å². The molecular weight excluding hydrogens is 515 g/mol. The van der Waals surface area contributed by atoms with Crippen LogP contribution in [0, 0.1) is 13.8 Å². The second kappa shape index (κ2) is 10.7. The molecule has 0 aliphatic heterocycles. The molecular formula is C29H26F3NO6. The Morgan fingerprint density at radius 2 is 1.69 bits per heavy atom. The molecule has 0 spiro atoms. The fraction of sp³-hybridized carbons (Fsp3) is 0.241. The lowest BCUT2D eigenvalue weighted by atomic mass is 9.97. The highest BCUT2D eigenvalue weighted by Crippen LogP contribution is 2.34. The van der Waals surface area contributed by atoms with Gasteiger partial charge in [-0.25, -0.2) is 4.79 Å². The zero-order chi connectivity index (χ0) is 28.5. The van der Waals surface area contributed by atoms with E-state index in [1.807, 2.05) is 0 Å². The topological polar surface area (TPSA) is 87.0 Å². The molecule has 1 N–H and O–H groups in total. The Labute approximate surface area is 222 Å². The van der Waals surface area contributed by atoms with Gasteiger partial charge in [-0.3, -0.25) is 4.79 Å². The van der Waals surface area contributed by atoms with E-state index in [2.05, 4.69) is 4.74 Å². The summed E-state index contributed by atoms with van der Waals surface area (Å²) in [5.41, 5.74) is 3.07. The number of aryl methyl sites for hydroxylation is 1. The van der Waals surface area contributed by atoms with Crippen LogP contribution in [0.1, 0.15) is 39.7 Å². The first-order valence-electron chi connectivity index (χ1n) is 11.9. The van der Waals surface area contributed by atoms with Crippen molar-refractivity contribution in [3.63, 3.8) is 0 Å². The number of carbonyl (C=O) groups is 2. The molecule has 1 heterocycles. The third-order valence-corrected chi connectivity index (χ3v) is 6.33. The predicted molar refractivity (Wildman–Crippen MR) is 138 cm³/mol. The zero-order valence-corrected chi connectivity index (χ0v) is 21.6. The van der Waals surface area contributed by atoms with E-state index in [9.17, 15) is 22.8 Å². The number of alkyl halides is 3. The van der Waals surface area contributed by atoms with Crippen LogP contribution in [0.4, 0.5) is 13.2 Å². The van der Waals surface area contributed by atoms with Crippen molar-refractivity contribution in [2.45, 2.75) is 39.8 Å². The van der Waals surface area contributed by atoms with Crippen molar-refractivity contribution >= 4 is 22.7 Å². The quantitative estimate of drug-likeness (QED) is 0.251. The maximum Gasteiger partial charge on any atom is 0.573 e. The highest BCUT2D eigenvalue weighted by molar-refractivity contribution is 6.18. The SMILES string of the molecule is COc1ccc(C(=O)c2c(C)n(Cc3cccc(O[C@@H](C)C(=O)O)c3)c3cc(OC(F)(F)F)ccc23)c(C)c1. The number of fused-ring (bicyclic) bond motifs is 1. The highest BCUT2D eigenvalue weighted by Gasteiger charge is 2.32. The smallest absolute Gasteiger partial charge is 0.497 e. The number of ketones is 1. The first-order chi connectivity index (χ1) is 18.4. The fourth-order valence-electron chi connectivity index (χ4n) is 4.45. The maximum absolute atomic E-state index is 13.8. The van der Waals surface area contributed by atoms with Crippen molar-refractivity contribution in [3.05, 3.63) is 88.6 Å². The minimum atomic E-state index is -4.88. The van der Waals surface area contributed by atoms with Gasteiger partial charge in [0.15, 0.2) is 11.9 Å². The molecule has 10 heteroatoms. The Balaban J connectivity index is 1.83. The minimum absolute atomic E-state index is 0.172. The molecule has 0 aliphatic rings. The number of hydrogen-bond acceptors (Lipinski definition) is 5. The summed E-state index contributed by atoms with van der Waals surface area (Å²) in [6.07, 6.45) is -5.96. The van der Waals surface area contributed by atoms with Crippen LogP contribution >= 0.6 is 0 Å². The molecule has 0 aliphatic carbocycles. The number of carbonyl (C=O) groups excluding carboxylic acids is 1. The number of methoxy groups -OCH3 is 1. The number of aromatic nitrogens is 1. The Kier molecular flexibility index (Phi) is 7.58. The first-order valence-corrected chi connectivity index (χ1v) is 11.9. The summed E-state index contributed by atoms with van der Waals surface area (Å²) in [7, 11) is 1.52. The average molecular weight is 542 g/mol. The van der Waals surface area contributed by atoms with Crippen LogP contribution in [-0.2, 0) is 11.3 Å². The van der Waals surface area contributed by atoms with Crippen LogP contribution < -0.4 is 14.2 Å². The largest absolute Gasteiger partial charge is 0.573 e. The summed E-state index contributed by atoms with van der Waals surface area (Å²) >= 11 is 0. The normalized spacial score (nSPS) is 12.3. The summed E-state index contributed by atoms with van der Waals surface area (Å²) in [4.78, 5) is 25.0. The lowest BCUT2D eigenvalue weighted by molar-refractivity contribution is -0.274. The number of carboxylic acids is 1. The van der Waals surface area contributed by atoms with Crippen LogP contribution in [0.5, 0.6) is 17.2 Å². The minimum Gasteiger partial charge on any atom is -0.497 e. The molecule has 1 atom stereocenters. The molecule has 0 amide bonds. The molecule has 0 unspecified atom stereocenters. The third-order valence-electron chi connectivity index (χ3n) is 6.33. The number of benzene rings is 3. The lowest BCUT2D eigenvalue weighted by Crippen LogP contribution is -2.22. The summed E-state index contributed by atoms with van der Waals surface area (Å²) in [5.74, 6) is -0.907. The Morgan fingerprint density at radius 1 is 0.974 bits per heavy atom. The number of hydrogen-bond donors (Lipinski definition) is 1. The molecule has 4 rings (SSSR count). The van der Waals surface area contributed by atoms with Gasteiger partial charge in [-0.05, 0) is 74.4 Å². The first kappa shape index (κ1) is 27.6. The molecule has 0 saturated carbocycles. The molecule has 7 nitrogen and oxygen atoms in total. The van der Waals surface area contributed by atoms with Gasteiger partial charge in [0.05, 0.1) is 18.2 Å². The van der Waals surface area contributed by atoms with Crippen LogP contribution in [0.2, 0.25) is 0 Å². The van der Waals surface area contributed by atoms with Gasteiger partial charge in [-0.2, -0.15) is 0 Å². The summed E-state index contributed by atoms with van der Waals surface area (Å²) in [6.45, 7) is 5.08. The zero-order valence-electron chi connectivity index (χ0n) is 21.6. The van der Waals surface area contributed by atoms with E-state index < -0.39 is 24.2 Å². The van der Waals surface area contributed by atoms with Crippen molar-refractivity contribution < 1.29 is 42.1 Å². The van der Waals surface area contributed by atoms with Gasteiger partial charge >= 0.3 is 12.3 Å². The van der Waals surface area contributed by atoms with Gasteiger partial charge < -0.3 is 23.9 Å². The van der Waals surface area contributed by atoms with Crippen LogP contribution in [0.3, 0.4) is 0 Å². The standard InChI is InChI=1S/C29H26F3NO6/c1-16-12-20(37-4)8-10-23(16)27(34)26-17(2)33(25-14-22(9-11-24(25)26)39-29(30,31)32)15-19-6-5-7-21(13-19)38-18(3)28(35)36/h5-14,18H,15H2,1-4H3,(H,35,36)/t18-/m0/s1. The number of rotatable bonds is 9. The van der Waals surface area contributed by atoms with Gasteiger partial charge in [0.1, 0.15) is 17.2 Å². The van der Waals surface area contributed by atoms with E-state index in [0.29, 0.717) is 50.3 Å².